The van der Waals surface area contributed by atoms with Gasteiger partial charge in [-0.25, -0.2) is 0 Å². The van der Waals surface area contributed by atoms with E-state index in [9.17, 15) is 5.26 Å². The summed E-state index contributed by atoms with van der Waals surface area (Å²) in [7, 11) is 2.00. The van der Waals surface area contributed by atoms with E-state index in [1.54, 1.807) is 0 Å². The summed E-state index contributed by atoms with van der Waals surface area (Å²) in [5, 5.41) is 13.9. The number of nitriles is 1. The molecule has 1 aromatic heterocycles. The van der Waals surface area contributed by atoms with Crippen LogP contribution in [0.1, 0.15) is 11.3 Å². The lowest BCUT2D eigenvalue weighted by Gasteiger charge is -2.09. The van der Waals surface area contributed by atoms with Crippen molar-refractivity contribution in [3.05, 3.63) is 64.3 Å². The molecule has 0 aliphatic carbocycles. The topological polar surface area (TPSA) is 40.8 Å². The van der Waals surface area contributed by atoms with Crippen LogP contribution in [-0.2, 0) is 13.6 Å². The van der Waals surface area contributed by atoms with Crippen LogP contribution in [0, 0.1) is 11.3 Å². The number of hydrogen-bond donors (Lipinski definition) is 1. The van der Waals surface area contributed by atoms with Crippen LogP contribution in [-0.4, -0.2) is 4.57 Å². The van der Waals surface area contributed by atoms with Gasteiger partial charge in [0, 0.05) is 28.1 Å². The van der Waals surface area contributed by atoms with E-state index in [2.05, 4.69) is 31.9 Å². The molecule has 2 aromatic carbocycles. The van der Waals surface area contributed by atoms with E-state index in [4.69, 9.17) is 0 Å². The molecule has 3 rings (SSSR count). The second kappa shape index (κ2) is 5.63. The molecule has 0 saturated heterocycles. The van der Waals surface area contributed by atoms with Crippen molar-refractivity contribution < 1.29 is 0 Å². The maximum atomic E-state index is 9.47. The van der Waals surface area contributed by atoms with Gasteiger partial charge < -0.3 is 9.88 Å². The van der Waals surface area contributed by atoms with Crippen LogP contribution in [0.2, 0.25) is 0 Å². The number of anilines is 1. The van der Waals surface area contributed by atoms with Gasteiger partial charge in [0.15, 0.2) is 0 Å². The van der Waals surface area contributed by atoms with E-state index in [-0.39, 0.29) is 0 Å². The molecule has 0 atom stereocenters. The first-order valence-electron chi connectivity index (χ1n) is 6.66. The molecule has 104 valence electrons. The molecule has 3 nitrogen and oxygen atoms in total. The zero-order valence-corrected chi connectivity index (χ0v) is 13.2. The number of halogens is 1. The van der Waals surface area contributed by atoms with Crippen molar-refractivity contribution in [2.24, 2.45) is 7.05 Å². The quantitative estimate of drug-likeness (QED) is 0.767. The number of fused-ring (bicyclic) bond motifs is 1. The summed E-state index contributed by atoms with van der Waals surface area (Å²) < 4.78 is 3.11. The molecule has 0 spiro atoms. The van der Waals surface area contributed by atoms with Crippen LogP contribution in [0.25, 0.3) is 10.9 Å². The van der Waals surface area contributed by atoms with Crippen LogP contribution in [0.4, 0.5) is 5.69 Å². The van der Waals surface area contributed by atoms with Gasteiger partial charge >= 0.3 is 0 Å². The average molecular weight is 340 g/mol. The summed E-state index contributed by atoms with van der Waals surface area (Å²) in [4.78, 5) is 0. The maximum absolute atomic E-state index is 9.47. The Morgan fingerprint density at radius 1 is 1.19 bits per heavy atom. The number of aromatic nitrogens is 1. The van der Waals surface area contributed by atoms with Crippen LogP contribution in [0.3, 0.4) is 0 Å². The Kier molecular flexibility index (Phi) is 3.68. The minimum atomic E-state index is 0.616. The summed E-state index contributed by atoms with van der Waals surface area (Å²) >= 11 is 3.46. The van der Waals surface area contributed by atoms with Crippen molar-refractivity contribution >= 4 is 32.5 Å². The van der Waals surface area contributed by atoms with Gasteiger partial charge in [0.25, 0.3) is 0 Å². The Balaban J connectivity index is 1.97. The van der Waals surface area contributed by atoms with Gasteiger partial charge in [0.2, 0.25) is 0 Å². The molecule has 3 aromatic rings. The highest BCUT2D eigenvalue weighted by molar-refractivity contribution is 9.10. The van der Waals surface area contributed by atoms with Gasteiger partial charge in [0.05, 0.1) is 17.8 Å². The number of nitrogens with zero attached hydrogens (tertiary/aromatic N) is 2. The maximum Gasteiger partial charge on any atom is 0.102 e. The highest BCUT2D eigenvalue weighted by Gasteiger charge is 2.13. The molecule has 21 heavy (non-hydrogen) atoms. The third-order valence-electron chi connectivity index (χ3n) is 3.62. The monoisotopic (exact) mass is 339 g/mol. The molecule has 0 amide bonds. The van der Waals surface area contributed by atoms with Gasteiger partial charge in [-0.1, -0.05) is 40.2 Å². The number of benzene rings is 2. The van der Waals surface area contributed by atoms with Crippen molar-refractivity contribution in [3.63, 3.8) is 0 Å². The number of hydrogen-bond acceptors (Lipinski definition) is 2. The molecule has 4 heteroatoms. The highest BCUT2D eigenvalue weighted by atomic mass is 79.9. The summed E-state index contributed by atoms with van der Waals surface area (Å²) in [6, 6.07) is 18.3. The molecule has 0 radical (unpaired) electrons. The summed E-state index contributed by atoms with van der Waals surface area (Å²) in [6.45, 7) is 0.616. The van der Waals surface area contributed by atoms with Crippen LogP contribution < -0.4 is 5.32 Å². The number of rotatable bonds is 3. The number of aryl methyl sites for hydroxylation is 1. The van der Waals surface area contributed by atoms with Crippen molar-refractivity contribution in [1.82, 2.24) is 4.57 Å². The number of nitrogens with one attached hydrogen (secondary N) is 1. The Bertz CT molecular complexity index is 843. The molecule has 0 bridgehead atoms. The van der Waals surface area contributed by atoms with Crippen molar-refractivity contribution in [2.45, 2.75) is 6.54 Å². The fraction of sp³-hybridized carbons (Fsp3) is 0.118. The van der Waals surface area contributed by atoms with Crippen LogP contribution in [0.15, 0.2) is 53.0 Å². The minimum Gasteiger partial charge on any atom is -0.379 e. The van der Waals surface area contributed by atoms with E-state index in [0.29, 0.717) is 6.54 Å². The fourth-order valence-corrected chi connectivity index (χ4v) is 2.96. The smallest absolute Gasteiger partial charge is 0.102 e. The van der Waals surface area contributed by atoms with Crippen LogP contribution >= 0.6 is 15.9 Å². The SMILES string of the molecule is Cn1c(CNc2cccc(Br)c2)c(C#N)c2ccccc21. The van der Waals surface area contributed by atoms with Crippen molar-refractivity contribution in [2.75, 3.05) is 5.32 Å². The van der Waals surface area contributed by atoms with Crippen LogP contribution in [0.5, 0.6) is 0 Å². The van der Waals surface area contributed by atoms with Crippen molar-refractivity contribution in [3.8, 4) is 6.07 Å². The first-order chi connectivity index (χ1) is 10.2. The first-order valence-corrected chi connectivity index (χ1v) is 7.46. The van der Waals surface area contributed by atoms with Gasteiger partial charge in [-0.15, -0.1) is 0 Å². The molecule has 0 aliphatic rings. The van der Waals surface area contributed by atoms with E-state index >= 15 is 0 Å². The minimum absolute atomic E-state index is 0.616. The first kappa shape index (κ1) is 13.7. The Hall–Kier alpha value is -2.25. The van der Waals surface area contributed by atoms with Gasteiger partial charge in [-0.3, -0.25) is 0 Å². The zero-order chi connectivity index (χ0) is 14.8. The van der Waals surface area contributed by atoms with E-state index in [0.717, 1.165) is 32.3 Å². The second-order valence-corrected chi connectivity index (χ2v) is 5.79. The molecule has 0 unspecified atom stereocenters. The average Bonchev–Trinajstić information content (AvgIpc) is 2.78. The molecule has 0 aliphatic heterocycles. The fourth-order valence-electron chi connectivity index (χ4n) is 2.56. The Morgan fingerprint density at radius 3 is 2.76 bits per heavy atom. The zero-order valence-electron chi connectivity index (χ0n) is 11.6. The third kappa shape index (κ3) is 2.53. The predicted octanol–water partition coefficient (Wildman–Crippen LogP) is 4.42. The summed E-state index contributed by atoms with van der Waals surface area (Å²) in [6.07, 6.45) is 0. The summed E-state index contributed by atoms with van der Waals surface area (Å²) in [5.74, 6) is 0. The van der Waals surface area contributed by atoms with Gasteiger partial charge in [-0.2, -0.15) is 5.26 Å². The van der Waals surface area contributed by atoms with Crippen molar-refractivity contribution in [1.29, 1.82) is 5.26 Å². The second-order valence-electron chi connectivity index (χ2n) is 4.87. The molecule has 0 saturated carbocycles. The van der Waals surface area contributed by atoms with Gasteiger partial charge in [-0.05, 0) is 24.3 Å². The summed E-state index contributed by atoms with van der Waals surface area (Å²) in [5.41, 5.74) is 3.85. The molecule has 1 N–H and O–H groups in total. The normalized spacial score (nSPS) is 10.5. The third-order valence-corrected chi connectivity index (χ3v) is 4.12. The highest BCUT2D eigenvalue weighted by Crippen LogP contribution is 2.25. The lowest BCUT2D eigenvalue weighted by atomic mass is 10.1. The molecule has 0 fully saturated rings. The molecule has 1 heterocycles. The van der Waals surface area contributed by atoms with E-state index in [1.807, 2.05) is 55.6 Å². The lowest BCUT2D eigenvalue weighted by Crippen LogP contribution is -2.06. The Labute approximate surface area is 131 Å². The number of para-hydroxylation sites is 1. The lowest BCUT2D eigenvalue weighted by molar-refractivity contribution is 0.867. The molecular weight excluding hydrogens is 326 g/mol. The largest absolute Gasteiger partial charge is 0.379 e. The Morgan fingerprint density at radius 2 is 2.00 bits per heavy atom. The van der Waals surface area contributed by atoms with E-state index in [1.165, 1.54) is 0 Å². The van der Waals surface area contributed by atoms with E-state index < -0.39 is 0 Å². The predicted molar refractivity (Wildman–Crippen MR) is 89.1 cm³/mol. The standard InChI is InChI=1S/C17H14BrN3/c1-21-16-8-3-2-7-14(16)15(10-19)17(21)11-20-13-6-4-5-12(18)9-13/h2-9,20H,11H2,1H3. The molecular formula is C17H14BrN3. The van der Waals surface area contributed by atoms with Gasteiger partial charge in [0.1, 0.15) is 6.07 Å².